The third-order valence-corrected chi connectivity index (χ3v) is 5.69. The summed E-state index contributed by atoms with van der Waals surface area (Å²) in [6, 6.07) is 7.14. The van der Waals surface area contributed by atoms with E-state index in [2.05, 4.69) is 31.4 Å². The molecule has 6 heteroatoms. The number of nitrogens with one attached hydrogen (secondary N) is 2. The predicted molar refractivity (Wildman–Crippen MR) is 109 cm³/mol. The van der Waals surface area contributed by atoms with Crippen LogP contribution in [0.1, 0.15) is 50.4 Å². The third kappa shape index (κ3) is 5.12. The Morgan fingerprint density at radius 3 is 2.32 bits per heavy atom. The molecule has 28 heavy (non-hydrogen) atoms. The predicted octanol–water partition coefficient (Wildman–Crippen LogP) is 2.91. The van der Waals surface area contributed by atoms with Crippen LogP contribution in [0.5, 0.6) is 0 Å². The molecule has 1 saturated carbocycles. The van der Waals surface area contributed by atoms with E-state index in [0.29, 0.717) is 35.5 Å². The first-order chi connectivity index (χ1) is 13.3. The van der Waals surface area contributed by atoms with Crippen LogP contribution in [0, 0.1) is 23.7 Å². The quantitative estimate of drug-likeness (QED) is 0.790. The number of carbonyl (C=O) groups excluding carboxylic acids is 3. The molecule has 6 nitrogen and oxygen atoms in total. The molecule has 2 N–H and O–H groups in total. The van der Waals surface area contributed by atoms with Crippen LogP contribution in [0.2, 0.25) is 0 Å². The van der Waals surface area contributed by atoms with Crippen LogP contribution >= 0.6 is 0 Å². The van der Waals surface area contributed by atoms with Crippen LogP contribution in [0.3, 0.4) is 0 Å². The number of hydrogen-bond acceptors (Lipinski definition) is 3. The SMILES string of the molecule is CC1CC(C)CN(C(=O)c2ccccc2NC(=O)CCNC(=O)C2CC2C)C1. The number of hydrogen-bond donors (Lipinski definition) is 2. The first kappa shape index (κ1) is 20.4. The minimum Gasteiger partial charge on any atom is -0.355 e. The second kappa shape index (κ2) is 8.76. The van der Waals surface area contributed by atoms with Crippen molar-refractivity contribution in [2.45, 2.75) is 40.0 Å². The highest BCUT2D eigenvalue weighted by Crippen LogP contribution is 2.37. The maximum Gasteiger partial charge on any atom is 0.255 e. The van der Waals surface area contributed by atoms with Gasteiger partial charge >= 0.3 is 0 Å². The van der Waals surface area contributed by atoms with Gasteiger partial charge in [-0.05, 0) is 42.7 Å². The Morgan fingerprint density at radius 2 is 1.68 bits per heavy atom. The molecule has 3 rings (SSSR count). The number of nitrogens with zero attached hydrogens (tertiary/aromatic N) is 1. The third-order valence-electron chi connectivity index (χ3n) is 5.69. The fourth-order valence-corrected chi connectivity index (χ4v) is 4.11. The summed E-state index contributed by atoms with van der Waals surface area (Å²) in [6.07, 6.45) is 2.25. The van der Waals surface area contributed by atoms with E-state index in [-0.39, 0.29) is 30.1 Å². The maximum absolute atomic E-state index is 13.0. The van der Waals surface area contributed by atoms with Crippen LogP contribution in [0.4, 0.5) is 5.69 Å². The summed E-state index contributed by atoms with van der Waals surface area (Å²) in [5.41, 5.74) is 1.05. The number of carbonyl (C=O) groups is 3. The van der Waals surface area contributed by atoms with E-state index < -0.39 is 0 Å². The molecule has 4 atom stereocenters. The molecule has 0 aromatic heterocycles. The van der Waals surface area contributed by atoms with Crippen molar-refractivity contribution in [1.82, 2.24) is 10.2 Å². The second-order valence-corrected chi connectivity index (χ2v) is 8.61. The summed E-state index contributed by atoms with van der Waals surface area (Å²) in [6.45, 7) is 8.19. The smallest absolute Gasteiger partial charge is 0.255 e. The molecule has 0 bridgehead atoms. The lowest BCUT2D eigenvalue weighted by atomic mass is 9.91. The van der Waals surface area contributed by atoms with Crippen LogP contribution in [0.15, 0.2) is 24.3 Å². The highest BCUT2D eigenvalue weighted by atomic mass is 16.2. The average molecular weight is 386 g/mol. The molecule has 2 fully saturated rings. The highest BCUT2D eigenvalue weighted by Gasteiger charge is 2.38. The summed E-state index contributed by atoms with van der Waals surface area (Å²) in [5, 5.41) is 5.66. The van der Waals surface area contributed by atoms with Crippen molar-refractivity contribution in [2.75, 3.05) is 25.0 Å². The Hall–Kier alpha value is -2.37. The fraction of sp³-hybridized carbons (Fsp3) is 0.591. The van der Waals surface area contributed by atoms with Gasteiger partial charge in [0.1, 0.15) is 0 Å². The number of benzene rings is 1. The van der Waals surface area contributed by atoms with Gasteiger partial charge in [0.25, 0.3) is 5.91 Å². The van der Waals surface area contributed by atoms with Crippen molar-refractivity contribution in [3.05, 3.63) is 29.8 Å². The first-order valence-electron chi connectivity index (χ1n) is 10.3. The lowest BCUT2D eigenvalue weighted by Gasteiger charge is -2.35. The topological polar surface area (TPSA) is 78.5 Å². The number of para-hydroxylation sites is 1. The molecule has 0 spiro atoms. The Bertz CT molecular complexity index is 738. The van der Waals surface area contributed by atoms with Crippen molar-refractivity contribution in [1.29, 1.82) is 0 Å². The second-order valence-electron chi connectivity index (χ2n) is 8.61. The van der Waals surface area contributed by atoms with Gasteiger partial charge in [-0.25, -0.2) is 0 Å². The molecule has 4 unspecified atom stereocenters. The number of anilines is 1. The normalized spacial score (nSPS) is 26.5. The van der Waals surface area contributed by atoms with Crippen molar-refractivity contribution >= 4 is 23.4 Å². The Labute approximate surface area is 167 Å². The van der Waals surface area contributed by atoms with E-state index in [1.807, 2.05) is 17.0 Å². The van der Waals surface area contributed by atoms with E-state index in [4.69, 9.17) is 0 Å². The van der Waals surface area contributed by atoms with Crippen molar-refractivity contribution in [3.8, 4) is 0 Å². The van der Waals surface area contributed by atoms with Crippen LogP contribution in [0.25, 0.3) is 0 Å². The maximum atomic E-state index is 13.0. The van der Waals surface area contributed by atoms with Crippen LogP contribution in [-0.2, 0) is 9.59 Å². The van der Waals surface area contributed by atoms with Gasteiger partial charge in [-0.3, -0.25) is 14.4 Å². The molecule has 1 saturated heterocycles. The minimum absolute atomic E-state index is 0.0317. The summed E-state index contributed by atoms with van der Waals surface area (Å²) in [4.78, 5) is 39.1. The number of rotatable bonds is 6. The van der Waals surface area contributed by atoms with Crippen LogP contribution < -0.4 is 10.6 Å². The molecular formula is C22H31N3O3. The molecule has 152 valence electrons. The molecule has 1 aromatic rings. The van der Waals surface area contributed by atoms with E-state index in [9.17, 15) is 14.4 Å². The molecule has 2 aliphatic rings. The lowest BCUT2D eigenvalue weighted by Crippen LogP contribution is -2.42. The Morgan fingerprint density at radius 1 is 1.04 bits per heavy atom. The molecule has 3 amide bonds. The van der Waals surface area contributed by atoms with E-state index >= 15 is 0 Å². The zero-order chi connectivity index (χ0) is 20.3. The Kier molecular flexibility index (Phi) is 6.37. The van der Waals surface area contributed by atoms with E-state index in [1.165, 1.54) is 0 Å². The van der Waals surface area contributed by atoms with Gasteiger partial charge in [0, 0.05) is 32.0 Å². The molecular weight excluding hydrogens is 354 g/mol. The molecule has 1 aromatic carbocycles. The van der Waals surface area contributed by atoms with Gasteiger partial charge in [-0.2, -0.15) is 0 Å². The summed E-state index contributed by atoms with van der Waals surface area (Å²) in [5.74, 6) is 1.31. The molecule has 1 aliphatic heterocycles. The first-order valence-corrected chi connectivity index (χ1v) is 10.3. The average Bonchev–Trinajstić information content (AvgIpc) is 3.37. The summed E-state index contributed by atoms with van der Waals surface area (Å²) >= 11 is 0. The van der Waals surface area contributed by atoms with Crippen molar-refractivity contribution in [2.24, 2.45) is 23.7 Å². The fourth-order valence-electron chi connectivity index (χ4n) is 4.11. The number of likely N-dealkylation sites (tertiary alicyclic amines) is 1. The molecule has 1 aliphatic carbocycles. The van der Waals surface area contributed by atoms with E-state index in [0.717, 1.165) is 25.9 Å². The molecule has 0 radical (unpaired) electrons. The number of piperidine rings is 1. The zero-order valence-electron chi connectivity index (χ0n) is 17.0. The van der Waals surface area contributed by atoms with Crippen LogP contribution in [-0.4, -0.2) is 42.3 Å². The largest absolute Gasteiger partial charge is 0.355 e. The summed E-state index contributed by atoms with van der Waals surface area (Å²) < 4.78 is 0. The highest BCUT2D eigenvalue weighted by molar-refractivity contribution is 6.03. The van der Waals surface area contributed by atoms with E-state index in [1.54, 1.807) is 12.1 Å². The van der Waals surface area contributed by atoms with Gasteiger partial charge in [0.15, 0.2) is 0 Å². The van der Waals surface area contributed by atoms with Crippen molar-refractivity contribution in [3.63, 3.8) is 0 Å². The van der Waals surface area contributed by atoms with Crippen molar-refractivity contribution < 1.29 is 14.4 Å². The number of amides is 3. The van der Waals surface area contributed by atoms with Gasteiger partial charge in [-0.15, -0.1) is 0 Å². The summed E-state index contributed by atoms with van der Waals surface area (Å²) in [7, 11) is 0. The molecule has 1 heterocycles. The van der Waals surface area contributed by atoms with Gasteiger partial charge in [-0.1, -0.05) is 32.9 Å². The van der Waals surface area contributed by atoms with Gasteiger partial charge in [0.2, 0.25) is 11.8 Å². The standard InChI is InChI=1S/C22H31N3O3/c1-14-10-15(2)13-25(12-14)22(28)17-6-4-5-7-19(17)24-20(26)8-9-23-21(27)18-11-16(18)3/h4-7,14-16,18H,8-13H2,1-3H3,(H,23,27)(H,24,26). The minimum atomic E-state index is -0.204. The van der Waals surface area contributed by atoms with Gasteiger partial charge < -0.3 is 15.5 Å². The monoisotopic (exact) mass is 385 g/mol. The lowest BCUT2D eigenvalue weighted by molar-refractivity contribution is -0.122. The Balaban J connectivity index is 1.56. The van der Waals surface area contributed by atoms with Gasteiger partial charge in [0.05, 0.1) is 11.3 Å². The zero-order valence-corrected chi connectivity index (χ0v) is 17.0.